The number of carbonyl (C=O) groups is 1. The largest absolute Gasteiger partial charge is 0.368 e. The molecule has 1 fully saturated rings. The van der Waals surface area contributed by atoms with Crippen LogP contribution in [0.25, 0.3) is 0 Å². The molecule has 1 amide bonds. The molecule has 1 heterocycles. The Labute approximate surface area is 99.2 Å². The Morgan fingerprint density at radius 2 is 2.12 bits per heavy atom. The molecule has 0 spiro atoms. The summed E-state index contributed by atoms with van der Waals surface area (Å²) >= 11 is 0. The molecule has 1 aliphatic rings. The van der Waals surface area contributed by atoms with E-state index in [2.05, 4.69) is 26.0 Å². The molecule has 0 aliphatic heterocycles. The molecule has 17 heavy (non-hydrogen) atoms. The summed E-state index contributed by atoms with van der Waals surface area (Å²) < 4.78 is 0. The maximum absolute atomic E-state index is 11.3. The molecule has 7 nitrogen and oxygen atoms in total. The predicted molar refractivity (Wildman–Crippen MR) is 64.1 cm³/mol. The molecule has 0 bridgehead atoms. The lowest BCUT2D eigenvalue weighted by atomic mass is 10.4. The van der Waals surface area contributed by atoms with Gasteiger partial charge in [-0.3, -0.25) is 4.79 Å². The molecule has 0 saturated heterocycles. The summed E-state index contributed by atoms with van der Waals surface area (Å²) in [6.45, 7) is 1.21. The van der Waals surface area contributed by atoms with Gasteiger partial charge < -0.3 is 16.1 Å². The van der Waals surface area contributed by atoms with E-state index in [0.29, 0.717) is 24.7 Å². The molecule has 1 aromatic heterocycles. The molecule has 5 N–H and O–H groups in total. The number of aromatic nitrogens is 2. The fraction of sp³-hybridized carbons (Fsp3) is 0.500. The molecule has 0 unspecified atom stereocenters. The van der Waals surface area contributed by atoms with Crippen molar-refractivity contribution in [3.8, 4) is 0 Å². The Hall–Kier alpha value is -1.89. The van der Waals surface area contributed by atoms with Gasteiger partial charge in [0.1, 0.15) is 18.0 Å². The third-order valence-corrected chi connectivity index (χ3v) is 2.49. The lowest BCUT2D eigenvalue weighted by Crippen LogP contribution is -2.29. The Bertz CT molecular complexity index is 392. The average molecular weight is 236 g/mol. The molecule has 0 aromatic carbocycles. The van der Waals surface area contributed by atoms with E-state index in [0.717, 1.165) is 12.8 Å². The number of hydrazine groups is 1. The van der Waals surface area contributed by atoms with E-state index < -0.39 is 0 Å². The van der Waals surface area contributed by atoms with Crippen LogP contribution < -0.4 is 21.9 Å². The van der Waals surface area contributed by atoms with Crippen LogP contribution in [0.5, 0.6) is 0 Å². The van der Waals surface area contributed by atoms with Crippen molar-refractivity contribution >= 4 is 17.5 Å². The van der Waals surface area contributed by atoms with Crippen LogP contribution in [-0.2, 0) is 4.79 Å². The quantitative estimate of drug-likeness (QED) is 0.307. The second-order valence-electron chi connectivity index (χ2n) is 3.92. The van der Waals surface area contributed by atoms with Crippen LogP contribution in [-0.4, -0.2) is 29.0 Å². The van der Waals surface area contributed by atoms with Gasteiger partial charge in [0.25, 0.3) is 0 Å². The van der Waals surface area contributed by atoms with Gasteiger partial charge in [0.2, 0.25) is 5.91 Å². The summed E-state index contributed by atoms with van der Waals surface area (Å²) in [6.07, 6.45) is 3.47. The third-order valence-electron chi connectivity index (χ3n) is 2.49. The van der Waals surface area contributed by atoms with Gasteiger partial charge in [-0.2, -0.15) is 0 Å². The minimum Gasteiger partial charge on any atom is -0.368 e. The summed E-state index contributed by atoms with van der Waals surface area (Å²) in [5, 5.41) is 5.93. The van der Waals surface area contributed by atoms with Crippen LogP contribution in [0.1, 0.15) is 12.8 Å². The first kappa shape index (κ1) is 11.6. The van der Waals surface area contributed by atoms with Gasteiger partial charge in [0.05, 0.1) is 0 Å². The first-order valence-electron chi connectivity index (χ1n) is 5.60. The number of nitrogens with one attached hydrogen (secondary N) is 3. The molecule has 7 heteroatoms. The molecule has 1 saturated carbocycles. The van der Waals surface area contributed by atoms with Gasteiger partial charge in [-0.15, -0.1) is 0 Å². The van der Waals surface area contributed by atoms with Crippen molar-refractivity contribution in [3.63, 3.8) is 0 Å². The maximum Gasteiger partial charge on any atom is 0.223 e. The predicted octanol–water partition coefficient (Wildman–Crippen LogP) is -0.300. The fourth-order valence-corrected chi connectivity index (χ4v) is 1.40. The zero-order chi connectivity index (χ0) is 12.1. The summed E-state index contributed by atoms with van der Waals surface area (Å²) in [6, 6.07) is 1.70. The van der Waals surface area contributed by atoms with Gasteiger partial charge in [-0.1, -0.05) is 0 Å². The highest BCUT2D eigenvalue weighted by Gasteiger charge is 2.28. The number of nitrogens with two attached hydrogens (primary N) is 1. The first-order chi connectivity index (χ1) is 8.29. The third kappa shape index (κ3) is 3.56. The molecule has 2 rings (SSSR count). The SMILES string of the molecule is NNc1cc(NCCNC(=O)C2CC2)ncn1. The Balaban J connectivity index is 1.68. The highest BCUT2D eigenvalue weighted by molar-refractivity contribution is 5.80. The highest BCUT2D eigenvalue weighted by atomic mass is 16.2. The van der Waals surface area contributed by atoms with Gasteiger partial charge >= 0.3 is 0 Å². The smallest absolute Gasteiger partial charge is 0.223 e. The molecule has 1 aromatic rings. The van der Waals surface area contributed by atoms with Crippen LogP contribution in [0.3, 0.4) is 0 Å². The minimum atomic E-state index is 0.152. The fourth-order valence-electron chi connectivity index (χ4n) is 1.40. The number of hydrogen-bond donors (Lipinski definition) is 4. The van der Waals surface area contributed by atoms with E-state index in [1.54, 1.807) is 6.07 Å². The Morgan fingerprint density at radius 3 is 2.82 bits per heavy atom. The number of nitrogen functional groups attached to an aromatic ring is 1. The van der Waals surface area contributed by atoms with E-state index in [4.69, 9.17) is 5.84 Å². The molecule has 92 valence electrons. The lowest BCUT2D eigenvalue weighted by molar-refractivity contribution is -0.122. The van der Waals surface area contributed by atoms with Crippen molar-refractivity contribution < 1.29 is 4.79 Å². The molecule has 1 aliphatic carbocycles. The maximum atomic E-state index is 11.3. The number of rotatable bonds is 6. The number of hydrogen-bond acceptors (Lipinski definition) is 6. The van der Waals surface area contributed by atoms with E-state index in [-0.39, 0.29) is 11.8 Å². The minimum absolute atomic E-state index is 0.152. The van der Waals surface area contributed by atoms with Crippen molar-refractivity contribution in [3.05, 3.63) is 12.4 Å². The second-order valence-corrected chi connectivity index (χ2v) is 3.92. The van der Waals surface area contributed by atoms with E-state index in [9.17, 15) is 4.79 Å². The summed E-state index contributed by atoms with van der Waals surface area (Å²) in [7, 11) is 0. The lowest BCUT2D eigenvalue weighted by Gasteiger charge is -2.07. The van der Waals surface area contributed by atoms with E-state index in [1.807, 2.05) is 0 Å². The number of carbonyl (C=O) groups excluding carboxylic acids is 1. The normalized spacial score (nSPS) is 14.2. The van der Waals surface area contributed by atoms with Crippen molar-refractivity contribution in [1.29, 1.82) is 0 Å². The number of amides is 1. The number of anilines is 2. The van der Waals surface area contributed by atoms with E-state index in [1.165, 1.54) is 6.33 Å². The zero-order valence-electron chi connectivity index (χ0n) is 9.44. The molecular weight excluding hydrogens is 220 g/mol. The number of nitrogens with zero attached hydrogens (tertiary/aromatic N) is 2. The van der Waals surface area contributed by atoms with Gasteiger partial charge in [0.15, 0.2) is 0 Å². The summed E-state index contributed by atoms with van der Waals surface area (Å²) in [4.78, 5) is 19.2. The molecular formula is C10H16N6O. The summed E-state index contributed by atoms with van der Waals surface area (Å²) in [5.41, 5.74) is 2.44. The standard InChI is InChI=1S/C10H16N6O/c11-16-9-5-8(14-6-15-9)12-3-4-13-10(17)7-1-2-7/h5-7H,1-4,11H2,(H,13,17)(H2,12,14,15,16). The second kappa shape index (κ2) is 5.44. The topological polar surface area (TPSA) is 105 Å². The van der Waals surface area contributed by atoms with Crippen LogP contribution in [0, 0.1) is 5.92 Å². The molecule has 0 radical (unpaired) electrons. The Kier molecular flexibility index (Phi) is 3.71. The van der Waals surface area contributed by atoms with Crippen LogP contribution in [0.15, 0.2) is 12.4 Å². The molecule has 0 atom stereocenters. The van der Waals surface area contributed by atoms with Gasteiger partial charge in [0, 0.05) is 25.1 Å². The van der Waals surface area contributed by atoms with Crippen molar-refractivity contribution in [2.75, 3.05) is 23.8 Å². The Morgan fingerprint density at radius 1 is 1.35 bits per heavy atom. The first-order valence-corrected chi connectivity index (χ1v) is 5.60. The van der Waals surface area contributed by atoms with Crippen molar-refractivity contribution in [2.45, 2.75) is 12.8 Å². The monoisotopic (exact) mass is 236 g/mol. The van der Waals surface area contributed by atoms with Crippen molar-refractivity contribution in [1.82, 2.24) is 15.3 Å². The van der Waals surface area contributed by atoms with Crippen LogP contribution >= 0.6 is 0 Å². The van der Waals surface area contributed by atoms with Crippen molar-refractivity contribution in [2.24, 2.45) is 11.8 Å². The van der Waals surface area contributed by atoms with Crippen LogP contribution in [0.4, 0.5) is 11.6 Å². The van der Waals surface area contributed by atoms with Gasteiger partial charge in [-0.25, -0.2) is 15.8 Å². The zero-order valence-corrected chi connectivity index (χ0v) is 9.44. The average Bonchev–Trinajstić information content (AvgIpc) is 3.19. The summed E-state index contributed by atoms with van der Waals surface area (Å²) in [5.74, 6) is 6.85. The van der Waals surface area contributed by atoms with Crippen LogP contribution in [0.2, 0.25) is 0 Å². The van der Waals surface area contributed by atoms with E-state index >= 15 is 0 Å². The van der Waals surface area contributed by atoms with Gasteiger partial charge in [-0.05, 0) is 12.8 Å². The highest BCUT2D eigenvalue weighted by Crippen LogP contribution is 2.28.